The molecule has 0 saturated heterocycles. The number of nitrogens with zero attached hydrogens (tertiary/aromatic N) is 1. The van der Waals surface area contributed by atoms with Crippen LogP contribution in [-0.2, 0) is 19.5 Å². The summed E-state index contributed by atoms with van der Waals surface area (Å²) in [4.78, 5) is 3.80. The quantitative estimate of drug-likeness (QED) is 0.873. The second-order valence-electron chi connectivity index (χ2n) is 5.38. The molecular formula is C16H19BrN2S. The molecule has 0 bridgehead atoms. The van der Waals surface area contributed by atoms with Crippen molar-refractivity contribution in [1.29, 1.82) is 0 Å². The predicted molar refractivity (Wildman–Crippen MR) is 90.4 cm³/mol. The molecule has 106 valence electrons. The van der Waals surface area contributed by atoms with Crippen LogP contribution in [-0.4, -0.2) is 18.5 Å². The van der Waals surface area contributed by atoms with Gasteiger partial charge in [0.05, 0.1) is 0 Å². The van der Waals surface area contributed by atoms with Crippen LogP contribution < -0.4 is 5.32 Å². The zero-order chi connectivity index (χ0) is 13.9. The van der Waals surface area contributed by atoms with E-state index in [0.29, 0.717) is 0 Å². The molecule has 2 nitrogen and oxygen atoms in total. The molecular weight excluding hydrogens is 332 g/mol. The van der Waals surface area contributed by atoms with Crippen molar-refractivity contribution >= 4 is 33.0 Å². The van der Waals surface area contributed by atoms with Gasteiger partial charge in [-0.25, -0.2) is 0 Å². The number of hydrogen-bond donors (Lipinski definition) is 1. The molecule has 0 spiro atoms. The fourth-order valence-electron chi connectivity index (χ4n) is 2.78. The van der Waals surface area contributed by atoms with Crippen LogP contribution in [0.1, 0.15) is 22.4 Å². The Morgan fingerprint density at radius 2 is 2.25 bits per heavy atom. The van der Waals surface area contributed by atoms with Crippen molar-refractivity contribution in [2.24, 2.45) is 0 Å². The van der Waals surface area contributed by atoms with Gasteiger partial charge >= 0.3 is 0 Å². The van der Waals surface area contributed by atoms with Crippen LogP contribution in [0.3, 0.4) is 0 Å². The minimum Gasteiger partial charge on any atom is -0.385 e. The van der Waals surface area contributed by atoms with Crippen molar-refractivity contribution in [3.05, 3.63) is 50.1 Å². The summed E-state index contributed by atoms with van der Waals surface area (Å²) in [7, 11) is 2.20. The maximum atomic E-state index is 3.52. The SMILES string of the molecule is CN(Cc1cc(Br)cs1)Cc1cccc2c1CCCN2. The Labute approximate surface area is 132 Å². The first kappa shape index (κ1) is 14.1. The van der Waals surface area contributed by atoms with Crippen LogP contribution in [0.4, 0.5) is 5.69 Å². The lowest BCUT2D eigenvalue weighted by Gasteiger charge is -2.23. The van der Waals surface area contributed by atoms with Gasteiger partial charge in [-0.1, -0.05) is 12.1 Å². The summed E-state index contributed by atoms with van der Waals surface area (Å²) in [5.41, 5.74) is 4.31. The fourth-order valence-corrected chi connectivity index (χ4v) is 4.31. The Balaban J connectivity index is 1.71. The maximum absolute atomic E-state index is 3.52. The van der Waals surface area contributed by atoms with E-state index in [0.717, 1.165) is 19.6 Å². The van der Waals surface area contributed by atoms with E-state index < -0.39 is 0 Å². The number of halogens is 1. The maximum Gasteiger partial charge on any atom is 0.0375 e. The van der Waals surface area contributed by atoms with E-state index in [9.17, 15) is 0 Å². The first-order valence-corrected chi connectivity index (χ1v) is 8.66. The molecule has 4 heteroatoms. The molecule has 3 rings (SSSR count). The highest BCUT2D eigenvalue weighted by Gasteiger charge is 2.13. The molecule has 0 amide bonds. The van der Waals surface area contributed by atoms with Crippen LogP contribution >= 0.6 is 27.3 Å². The molecule has 1 aliphatic rings. The molecule has 20 heavy (non-hydrogen) atoms. The summed E-state index contributed by atoms with van der Waals surface area (Å²) in [5.74, 6) is 0. The van der Waals surface area contributed by atoms with Gasteiger partial charge < -0.3 is 5.32 Å². The number of fused-ring (bicyclic) bond motifs is 1. The number of rotatable bonds is 4. The highest BCUT2D eigenvalue weighted by molar-refractivity contribution is 9.10. The Hall–Kier alpha value is -0.840. The second-order valence-corrected chi connectivity index (χ2v) is 7.29. The minimum atomic E-state index is 1.01. The van der Waals surface area contributed by atoms with Crippen LogP contribution in [0.5, 0.6) is 0 Å². The Morgan fingerprint density at radius 3 is 3.05 bits per heavy atom. The normalized spacial score (nSPS) is 14.2. The molecule has 0 fully saturated rings. The van der Waals surface area contributed by atoms with Crippen molar-refractivity contribution in [3.63, 3.8) is 0 Å². The topological polar surface area (TPSA) is 15.3 Å². The van der Waals surface area contributed by atoms with Crippen LogP contribution in [0.25, 0.3) is 0 Å². The van der Waals surface area contributed by atoms with Crippen molar-refractivity contribution in [1.82, 2.24) is 4.90 Å². The third kappa shape index (κ3) is 3.25. The molecule has 1 aliphatic heterocycles. The first-order valence-electron chi connectivity index (χ1n) is 6.98. The van der Waals surface area contributed by atoms with Gasteiger partial charge in [-0.2, -0.15) is 0 Å². The Bertz CT molecular complexity index is 594. The zero-order valence-electron chi connectivity index (χ0n) is 11.7. The summed E-state index contributed by atoms with van der Waals surface area (Å²) in [6, 6.07) is 8.85. The van der Waals surface area contributed by atoms with E-state index in [1.54, 1.807) is 0 Å². The number of anilines is 1. The predicted octanol–water partition coefficient (Wildman–Crippen LogP) is 4.50. The second kappa shape index (κ2) is 6.29. The van der Waals surface area contributed by atoms with Crippen LogP contribution in [0.15, 0.2) is 34.1 Å². The lowest BCUT2D eigenvalue weighted by Crippen LogP contribution is -2.20. The van der Waals surface area contributed by atoms with Gasteiger partial charge in [-0.15, -0.1) is 11.3 Å². The van der Waals surface area contributed by atoms with Crippen LogP contribution in [0, 0.1) is 0 Å². The molecule has 0 atom stereocenters. The lowest BCUT2D eigenvalue weighted by molar-refractivity contribution is 0.321. The van der Waals surface area contributed by atoms with E-state index in [4.69, 9.17) is 0 Å². The number of hydrogen-bond acceptors (Lipinski definition) is 3. The molecule has 1 N–H and O–H groups in total. The molecule has 1 aromatic carbocycles. The van der Waals surface area contributed by atoms with Crippen molar-refractivity contribution in [3.8, 4) is 0 Å². The molecule has 0 radical (unpaired) electrons. The first-order chi connectivity index (χ1) is 9.72. The summed E-state index contributed by atoms with van der Waals surface area (Å²) in [6.07, 6.45) is 2.45. The number of nitrogens with one attached hydrogen (secondary N) is 1. The van der Waals surface area contributed by atoms with Gasteiger partial charge in [-0.3, -0.25) is 4.90 Å². The van der Waals surface area contributed by atoms with Gasteiger partial charge in [0.2, 0.25) is 0 Å². The van der Waals surface area contributed by atoms with Crippen molar-refractivity contribution < 1.29 is 0 Å². The van der Waals surface area contributed by atoms with Gasteiger partial charge in [0.1, 0.15) is 0 Å². The molecule has 1 aromatic heterocycles. The highest BCUT2D eigenvalue weighted by atomic mass is 79.9. The van der Waals surface area contributed by atoms with Crippen LogP contribution in [0.2, 0.25) is 0 Å². The average Bonchev–Trinajstić information content (AvgIpc) is 2.84. The highest BCUT2D eigenvalue weighted by Crippen LogP contribution is 2.27. The molecule has 2 aromatic rings. The molecule has 0 aliphatic carbocycles. The fraction of sp³-hybridized carbons (Fsp3) is 0.375. The van der Waals surface area contributed by atoms with E-state index in [2.05, 4.69) is 62.8 Å². The van der Waals surface area contributed by atoms with Crippen molar-refractivity contribution in [2.75, 3.05) is 18.9 Å². The number of thiophene rings is 1. The zero-order valence-corrected chi connectivity index (χ0v) is 14.1. The molecule has 0 saturated carbocycles. The van der Waals surface area contributed by atoms with E-state index in [1.165, 1.54) is 39.0 Å². The summed E-state index contributed by atoms with van der Waals surface area (Å²) in [5, 5.41) is 5.66. The largest absolute Gasteiger partial charge is 0.385 e. The standard InChI is InChI=1S/C16H19BrN2S/c1-19(10-14-8-13(17)11-20-14)9-12-4-2-6-16-15(12)5-3-7-18-16/h2,4,6,8,11,18H,3,5,7,9-10H2,1H3. The minimum absolute atomic E-state index is 1.01. The molecule has 2 heterocycles. The van der Waals surface area contributed by atoms with E-state index in [1.807, 2.05) is 11.3 Å². The Morgan fingerprint density at radius 1 is 1.35 bits per heavy atom. The van der Waals surface area contributed by atoms with E-state index >= 15 is 0 Å². The third-order valence-corrected chi connectivity index (χ3v) is 5.36. The van der Waals surface area contributed by atoms with Gasteiger partial charge in [0, 0.05) is 40.1 Å². The lowest BCUT2D eigenvalue weighted by atomic mass is 9.97. The van der Waals surface area contributed by atoms with Crippen molar-refractivity contribution in [2.45, 2.75) is 25.9 Å². The van der Waals surface area contributed by atoms with Gasteiger partial charge in [-0.05, 0) is 59.1 Å². The smallest absolute Gasteiger partial charge is 0.0375 e. The average molecular weight is 351 g/mol. The third-order valence-electron chi connectivity index (χ3n) is 3.68. The van der Waals surface area contributed by atoms with E-state index in [-0.39, 0.29) is 0 Å². The summed E-state index contributed by atoms with van der Waals surface area (Å²) >= 11 is 5.34. The summed E-state index contributed by atoms with van der Waals surface area (Å²) in [6.45, 7) is 3.13. The van der Waals surface area contributed by atoms with Gasteiger partial charge in [0.25, 0.3) is 0 Å². The van der Waals surface area contributed by atoms with Gasteiger partial charge in [0.15, 0.2) is 0 Å². The summed E-state index contributed by atoms with van der Waals surface area (Å²) < 4.78 is 1.19. The molecule has 0 unspecified atom stereocenters. The monoisotopic (exact) mass is 350 g/mol. The Kier molecular flexibility index (Phi) is 4.44. The number of benzene rings is 1.